The number of hydrogen-bond acceptors (Lipinski definition) is 2. The van der Waals surface area contributed by atoms with Crippen LogP contribution in [0.5, 0.6) is 0 Å². The molecule has 0 bridgehead atoms. The minimum atomic E-state index is -1.18. The Bertz CT molecular complexity index is 298. The lowest BCUT2D eigenvalue weighted by Crippen LogP contribution is -2.22. The van der Waals surface area contributed by atoms with Crippen molar-refractivity contribution in [3.63, 3.8) is 0 Å². The molecule has 0 saturated heterocycles. The Kier molecular flexibility index (Phi) is 2.72. The van der Waals surface area contributed by atoms with Gasteiger partial charge in [-0.05, 0) is 40.3 Å². The van der Waals surface area contributed by atoms with Crippen LogP contribution < -0.4 is 5.11 Å². The number of rotatable bonds is 1. The molecule has 0 aromatic heterocycles. The van der Waals surface area contributed by atoms with Crippen LogP contribution in [0.15, 0.2) is 18.2 Å². The van der Waals surface area contributed by atoms with Gasteiger partial charge in [0, 0.05) is 3.57 Å². The second-order valence-corrected chi connectivity index (χ2v) is 3.49. The molecule has 0 heterocycles. The number of carbonyl (C=O) groups excluding carboxylic acids is 1. The highest BCUT2D eigenvalue weighted by Crippen LogP contribution is 2.18. The van der Waals surface area contributed by atoms with Crippen LogP contribution in [0.3, 0.4) is 0 Å². The van der Waals surface area contributed by atoms with Crippen molar-refractivity contribution in [2.24, 2.45) is 0 Å². The van der Waals surface area contributed by atoms with Gasteiger partial charge in [0.15, 0.2) is 0 Å². The highest BCUT2D eigenvalue weighted by molar-refractivity contribution is 14.1. The summed E-state index contributed by atoms with van der Waals surface area (Å²) in [5.41, 5.74) is 0.152. The number of halogens is 2. The molecule has 0 atom stereocenters. The fourth-order valence-electron chi connectivity index (χ4n) is 0.623. The zero-order chi connectivity index (χ0) is 8.43. The van der Waals surface area contributed by atoms with Gasteiger partial charge in [0.25, 0.3) is 0 Å². The molecule has 0 radical (unpaired) electrons. The van der Waals surface area contributed by atoms with E-state index in [-0.39, 0.29) is 5.56 Å². The maximum absolute atomic E-state index is 10.3. The number of carbonyl (C=O) groups is 1. The standard InChI is InChI=1S/C7H4ClIO2/c8-5-2-1-4(7(10)11)3-6(5)9/h1-3H,(H,10,11)/p-1. The highest BCUT2D eigenvalue weighted by atomic mass is 127. The van der Waals surface area contributed by atoms with Crippen molar-refractivity contribution >= 4 is 40.2 Å². The zero-order valence-corrected chi connectivity index (χ0v) is 8.22. The molecule has 58 valence electrons. The van der Waals surface area contributed by atoms with Gasteiger partial charge in [0.2, 0.25) is 0 Å². The Morgan fingerprint density at radius 2 is 2.18 bits per heavy atom. The molecular weight excluding hydrogens is 278 g/mol. The van der Waals surface area contributed by atoms with Gasteiger partial charge in [0.1, 0.15) is 0 Å². The van der Waals surface area contributed by atoms with Gasteiger partial charge in [-0.1, -0.05) is 17.7 Å². The topological polar surface area (TPSA) is 40.1 Å². The Balaban J connectivity index is 3.15. The molecule has 1 rings (SSSR count). The van der Waals surface area contributed by atoms with E-state index in [9.17, 15) is 9.90 Å². The Labute approximate surface area is 82.3 Å². The lowest BCUT2D eigenvalue weighted by molar-refractivity contribution is -0.255. The lowest BCUT2D eigenvalue weighted by Gasteiger charge is -2.02. The minimum Gasteiger partial charge on any atom is -0.545 e. The molecule has 0 N–H and O–H groups in total. The van der Waals surface area contributed by atoms with E-state index in [2.05, 4.69) is 0 Å². The van der Waals surface area contributed by atoms with Crippen molar-refractivity contribution in [3.8, 4) is 0 Å². The summed E-state index contributed by atoms with van der Waals surface area (Å²) in [4.78, 5) is 10.3. The maximum atomic E-state index is 10.3. The molecule has 0 fully saturated rings. The number of carboxylic acid groups (broad SMARTS) is 1. The minimum absolute atomic E-state index is 0.152. The van der Waals surface area contributed by atoms with Crippen molar-refractivity contribution in [1.82, 2.24) is 0 Å². The number of carboxylic acids is 1. The van der Waals surface area contributed by atoms with Crippen LogP contribution in [0.1, 0.15) is 10.4 Å². The second kappa shape index (κ2) is 3.40. The summed E-state index contributed by atoms with van der Waals surface area (Å²) in [6.45, 7) is 0. The smallest absolute Gasteiger partial charge is 0.0715 e. The first-order valence-electron chi connectivity index (χ1n) is 2.77. The van der Waals surface area contributed by atoms with Crippen molar-refractivity contribution < 1.29 is 9.90 Å². The van der Waals surface area contributed by atoms with Crippen LogP contribution in [0.4, 0.5) is 0 Å². The zero-order valence-electron chi connectivity index (χ0n) is 5.30. The van der Waals surface area contributed by atoms with Crippen LogP contribution in [0.2, 0.25) is 5.02 Å². The van der Waals surface area contributed by atoms with Crippen LogP contribution in [-0.4, -0.2) is 5.97 Å². The van der Waals surface area contributed by atoms with E-state index >= 15 is 0 Å². The molecule has 0 saturated carbocycles. The van der Waals surface area contributed by atoms with Gasteiger partial charge in [-0.15, -0.1) is 0 Å². The number of benzene rings is 1. The molecule has 1 aromatic carbocycles. The third-order valence-corrected chi connectivity index (χ3v) is 2.70. The van der Waals surface area contributed by atoms with Crippen molar-refractivity contribution in [1.29, 1.82) is 0 Å². The summed E-state index contributed by atoms with van der Waals surface area (Å²) < 4.78 is 0.714. The van der Waals surface area contributed by atoms with Crippen molar-refractivity contribution in [2.75, 3.05) is 0 Å². The normalized spacial score (nSPS) is 9.64. The van der Waals surface area contributed by atoms with Crippen LogP contribution in [0.25, 0.3) is 0 Å². The van der Waals surface area contributed by atoms with Gasteiger partial charge in [-0.25, -0.2) is 0 Å². The Morgan fingerprint density at radius 3 is 2.64 bits per heavy atom. The van der Waals surface area contributed by atoms with Crippen LogP contribution in [0, 0.1) is 3.57 Å². The van der Waals surface area contributed by atoms with E-state index in [4.69, 9.17) is 11.6 Å². The summed E-state index contributed by atoms with van der Waals surface area (Å²) in [7, 11) is 0. The maximum Gasteiger partial charge on any atom is 0.0715 e. The van der Waals surface area contributed by atoms with E-state index in [1.54, 1.807) is 0 Å². The average molecular weight is 281 g/mol. The first kappa shape index (κ1) is 8.80. The fourth-order valence-corrected chi connectivity index (χ4v) is 1.26. The van der Waals surface area contributed by atoms with Crippen molar-refractivity contribution in [3.05, 3.63) is 32.4 Å². The van der Waals surface area contributed by atoms with E-state index in [0.717, 1.165) is 0 Å². The van der Waals surface area contributed by atoms with Gasteiger partial charge in [0.05, 0.1) is 11.0 Å². The Morgan fingerprint density at radius 1 is 1.55 bits per heavy atom. The third-order valence-electron chi connectivity index (χ3n) is 1.16. The molecule has 0 amide bonds. The largest absolute Gasteiger partial charge is 0.545 e. The first-order chi connectivity index (χ1) is 5.11. The predicted molar refractivity (Wildman–Crippen MR) is 48.5 cm³/mol. The SMILES string of the molecule is O=C([O-])c1ccc(Cl)c(I)c1. The molecule has 0 aliphatic heterocycles. The second-order valence-electron chi connectivity index (χ2n) is 1.92. The van der Waals surface area contributed by atoms with E-state index < -0.39 is 5.97 Å². The van der Waals surface area contributed by atoms with E-state index in [1.807, 2.05) is 22.6 Å². The Hall–Kier alpha value is -0.290. The summed E-state index contributed by atoms with van der Waals surface area (Å²) in [6, 6.07) is 4.42. The summed E-state index contributed by atoms with van der Waals surface area (Å²) in [6.07, 6.45) is 0. The fraction of sp³-hybridized carbons (Fsp3) is 0. The van der Waals surface area contributed by atoms with Gasteiger partial charge >= 0.3 is 0 Å². The highest BCUT2D eigenvalue weighted by Gasteiger charge is 1.98. The van der Waals surface area contributed by atoms with E-state index in [0.29, 0.717) is 8.59 Å². The molecule has 2 nitrogen and oxygen atoms in total. The average Bonchev–Trinajstić information content (AvgIpc) is 1.94. The summed E-state index contributed by atoms with van der Waals surface area (Å²) in [5.74, 6) is -1.18. The van der Waals surface area contributed by atoms with Crippen LogP contribution in [-0.2, 0) is 0 Å². The first-order valence-corrected chi connectivity index (χ1v) is 4.23. The monoisotopic (exact) mass is 281 g/mol. The quantitative estimate of drug-likeness (QED) is 0.728. The molecule has 0 spiro atoms. The van der Waals surface area contributed by atoms with Gasteiger partial charge in [-0.2, -0.15) is 0 Å². The molecule has 11 heavy (non-hydrogen) atoms. The van der Waals surface area contributed by atoms with Gasteiger partial charge in [-0.3, -0.25) is 0 Å². The summed E-state index contributed by atoms with van der Waals surface area (Å²) in [5, 5.41) is 10.9. The molecule has 0 aliphatic carbocycles. The summed E-state index contributed by atoms with van der Waals surface area (Å²) >= 11 is 7.62. The van der Waals surface area contributed by atoms with Crippen LogP contribution >= 0.6 is 34.2 Å². The molecule has 0 aliphatic rings. The molecular formula is C7H3ClIO2-. The van der Waals surface area contributed by atoms with E-state index in [1.165, 1.54) is 18.2 Å². The molecule has 1 aromatic rings. The predicted octanol–water partition coefficient (Wildman–Crippen LogP) is 1.31. The van der Waals surface area contributed by atoms with Crippen molar-refractivity contribution in [2.45, 2.75) is 0 Å². The third kappa shape index (κ3) is 2.07. The van der Waals surface area contributed by atoms with Gasteiger partial charge < -0.3 is 9.90 Å². The number of aromatic carboxylic acids is 1. The lowest BCUT2D eigenvalue weighted by atomic mass is 10.2. The number of hydrogen-bond donors (Lipinski definition) is 0. The molecule has 4 heteroatoms. The molecule has 0 unspecified atom stereocenters.